The van der Waals surface area contributed by atoms with E-state index in [0.717, 1.165) is 19.0 Å². The van der Waals surface area contributed by atoms with Gasteiger partial charge >= 0.3 is 0 Å². The molecule has 1 saturated heterocycles. The van der Waals surface area contributed by atoms with Gasteiger partial charge < -0.3 is 10.2 Å². The van der Waals surface area contributed by atoms with E-state index in [9.17, 15) is 18.0 Å². The SMILES string of the molecule is O=C(c1cc(F)ccc1-n1nccn1)N1CC2CC(Nc3ccc(C(F)F)cn3)C1C2. The molecular weight excluding hydrogens is 409 g/mol. The van der Waals surface area contributed by atoms with E-state index in [-0.39, 0.29) is 29.1 Å². The third-order valence-corrected chi connectivity index (χ3v) is 5.94. The van der Waals surface area contributed by atoms with E-state index in [2.05, 4.69) is 20.5 Å². The molecule has 3 heterocycles. The first-order chi connectivity index (χ1) is 15.0. The molecule has 31 heavy (non-hydrogen) atoms. The number of carbonyl (C=O) groups excluding carboxylic acids is 1. The lowest BCUT2D eigenvalue weighted by molar-refractivity contribution is 0.0691. The summed E-state index contributed by atoms with van der Waals surface area (Å²) >= 11 is 0. The standard InChI is InChI=1S/C21H19F3N6O/c22-14-2-3-17(30-26-5-6-27-30)15(9-14)21(31)29-11-12-7-16(18(29)8-12)28-19-4-1-13(10-25-19)20(23)24/h1-6,9-10,12,16,18,20H,7-8,11H2,(H,25,28). The number of benzene rings is 1. The minimum Gasteiger partial charge on any atom is -0.365 e. The van der Waals surface area contributed by atoms with Crippen molar-refractivity contribution in [3.8, 4) is 5.69 Å². The van der Waals surface area contributed by atoms with Gasteiger partial charge in [-0.3, -0.25) is 4.79 Å². The summed E-state index contributed by atoms with van der Waals surface area (Å²) in [6.07, 6.45) is 3.23. The molecule has 0 spiro atoms. The van der Waals surface area contributed by atoms with Crippen LogP contribution >= 0.6 is 0 Å². The van der Waals surface area contributed by atoms with Crippen molar-refractivity contribution in [1.82, 2.24) is 24.9 Å². The zero-order valence-electron chi connectivity index (χ0n) is 16.3. The van der Waals surface area contributed by atoms with Gasteiger partial charge in [0.05, 0.1) is 29.7 Å². The number of pyridine rings is 1. The number of rotatable bonds is 5. The molecule has 160 valence electrons. The monoisotopic (exact) mass is 428 g/mol. The third kappa shape index (κ3) is 3.62. The van der Waals surface area contributed by atoms with E-state index in [1.165, 1.54) is 47.5 Å². The highest BCUT2D eigenvalue weighted by Gasteiger charge is 2.47. The fourth-order valence-electron chi connectivity index (χ4n) is 4.57. The van der Waals surface area contributed by atoms with Crippen LogP contribution in [0.3, 0.4) is 0 Å². The van der Waals surface area contributed by atoms with Gasteiger partial charge in [0.15, 0.2) is 0 Å². The van der Waals surface area contributed by atoms with Crippen LogP contribution in [0.25, 0.3) is 5.69 Å². The van der Waals surface area contributed by atoms with Crippen LogP contribution in [0.1, 0.15) is 35.2 Å². The largest absolute Gasteiger partial charge is 0.365 e. The van der Waals surface area contributed by atoms with Crippen molar-refractivity contribution in [3.63, 3.8) is 0 Å². The molecule has 1 N–H and O–H groups in total. The predicted molar refractivity (Wildman–Crippen MR) is 105 cm³/mol. The molecule has 5 rings (SSSR count). The summed E-state index contributed by atoms with van der Waals surface area (Å²) in [5.41, 5.74) is 0.469. The molecular formula is C21H19F3N6O. The number of carbonyl (C=O) groups is 1. The van der Waals surface area contributed by atoms with Crippen molar-refractivity contribution in [3.05, 3.63) is 65.9 Å². The summed E-state index contributed by atoms with van der Waals surface area (Å²) in [7, 11) is 0. The van der Waals surface area contributed by atoms with Gasteiger partial charge in [-0.1, -0.05) is 0 Å². The Balaban J connectivity index is 1.37. The van der Waals surface area contributed by atoms with Gasteiger partial charge in [0, 0.05) is 24.3 Å². The number of hydrogen-bond donors (Lipinski definition) is 1. The molecule has 3 unspecified atom stereocenters. The number of nitrogens with one attached hydrogen (secondary N) is 1. The molecule has 2 fully saturated rings. The van der Waals surface area contributed by atoms with Crippen molar-refractivity contribution in [2.24, 2.45) is 5.92 Å². The second-order valence-corrected chi connectivity index (χ2v) is 7.87. The van der Waals surface area contributed by atoms with E-state index in [0.29, 0.717) is 24.0 Å². The Morgan fingerprint density at radius 1 is 1.13 bits per heavy atom. The Morgan fingerprint density at radius 2 is 1.94 bits per heavy atom. The first-order valence-corrected chi connectivity index (χ1v) is 9.97. The third-order valence-electron chi connectivity index (χ3n) is 5.94. The number of amides is 1. The lowest BCUT2D eigenvalue weighted by Crippen LogP contribution is -2.48. The van der Waals surface area contributed by atoms with Crippen LogP contribution in [0.2, 0.25) is 0 Å². The summed E-state index contributed by atoms with van der Waals surface area (Å²) in [6, 6.07) is 6.66. The Bertz CT molecular complexity index is 1090. The van der Waals surface area contributed by atoms with Crippen molar-refractivity contribution in [2.45, 2.75) is 31.4 Å². The van der Waals surface area contributed by atoms with Gasteiger partial charge in [0.2, 0.25) is 0 Å². The maximum absolute atomic E-state index is 14.0. The van der Waals surface area contributed by atoms with E-state index in [4.69, 9.17) is 0 Å². The number of alkyl halides is 2. The minimum absolute atomic E-state index is 0.0626. The van der Waals surface area contributed by atoms with E-state index >= 15 is 0 Å². The zero-order valence-corrected chi connectivity index (χ0v) is 16.3. The molecule has 3 aromatic rings. The number of anilines is 1. The van der Waals surface area contributed by atoms with Crippen molar-refractivity contribution in [1.29, 1.82) is 0 Å². The first kappa shape index (κ1) is 19.5. The Hall–Kier alpha value is -3.43. The number of likely N-dealkylation sites (tertiary alicyclic amines) is 1. The maximum Gasteiger partial charge on any atom is 0.265 e. The van der Waals surface area contributed by atoms with E-state index < -0.39 is 12.2 Å². The van der Waals surface area contributed by atoms with Crippen LogP contribution in [-0.2, 0) is 0 Å². The Kier molecular flexibility index (Phi) is 4.84. The normalized spacial score (nSPS) is 22.3. The number of hydrogen-bond acceptors (Lipinski definition) is 5. The van der Waals surface area contributed by atoms with Gasteiger partial charge in [-0.15, -0.1) is 0 Å². The molecule has 1 aliphatic carbocycles. The van der Waals surface area contributed by atoms with Gasteiger partial charge in [-0.05, 0) is 49.1 Å². The molecule has 7 nitrogen and oxygen atoms in total. The number of fused-ring (bicyclic) bond motifs is 2. The van der Waals surface area contributed by atoms with Crippen LogP contribution in [0.5, 0.6) is 0 Å². The lowest BCUT2D eigenvalue weighted by Gasteiger charge is -2.34. The average molecular weight is 428 g/mol. The molecule has 2 bridgehead atoms. The maximum atomic E-state index is 14.0. The van der Waals surface area contributed by atoms with Crippen LogP contribution in [0.15, 0.2) is 48.9 Å². The first-order valence-electron chi connectivity index (χ1n) is 9.97. The molecule has 3 atom stereocenters. The molecule has 1 saturated carbocycles. The second kappa shape index (κ2) is 7.68. The zero-order chi connectivity index (χ0) is 21.5. The smallest absolute Gasteiger partial charge is 0.265 e. The van der Waals surface area contributed by atoms with Crippen LogP contribution in [0.4, 0.5) is 19.0 Å². The summed E-state index contributed by atoms with van der Waals surface area (Å²) in [4.78, 5) is 20.5. The lowest BCUT2D eigenvalue weighted by atomic mass is 10.0. The van der Waals surface area contributed by atoms with E-state index in [1.54, 1.807) is 4.90 Å². The van der Waals surface area contributed by atoms with Gasteiger partial charge in [-0.2, -0.15) is 15.0 Å². The Labute approximate surface area is 175 Å². The van der Waals surface area contributed by atoms with Crippen LogP contribution < -0.4 is 5.32 Å². The summed E-state index contributed by atoms with van der Waals surface area (Å²) in [5.74, 6) is 0.00146. The Morgan fingerprint density at radius 3 is 2.61 bits per heavy atom. The highest BCUT2D eigenvalue weighted by Crippen LogP contribution is 2.40. The summed E-state index contributed by atoms with van der Waals surface area (Å²) in [6.45, 7) is 0.585. The fraction of sp³-hybridized carbons (Fsp3) is 0.333. The average Bonchev–Trinajstić information content (AvgIpc) is 3.51. The summed E-state index contributed by atoms with van der Waals surface area (Å²) in [5, 5.41) is 11.4. The fourth-order valence-corrected chi connectivity index (χ4v) is 4.57. The number of aromatic nitrogens is 4. The molecule has 2 aliphatic rings. The van der Waals surface area contributed by atoms with Crippen molar-refractivity contribution >= 4 is 11.7 Å². The molecule has 1 amide bonds. The topological polar surface area (TPSA) is 75.9 Å². The quantitative estimate of drug-likeness (QED) is 0.674. The second-order valence-electron chi connectivity index (χ2n) is 7.87. The highest BCUT2D eigenvalue weighted by atomic mass is 19.3. The predicted octanol–water partition coefficient (Wildman–Crippen LogP) is 3.45. The van der Waals surface area contributed by atoms with Crippen molar-refractivity contribution in [2.75, 3.05) is 11.9 Å². The highest BCUT2D eigenvalue weighted by molar-refractivity contribution is 5.98. The van der Waals surface area contributed by atoms with Crippen LogP contribution in [0, 0.1) is 11.7 Å². The van der Waals surface area contributed by atoms with Gasteiger partial charge in [-0.25, -0.2) is 18.2 Å². The molecule has 10 heteroatoms. The van der Waals surface area contributed by atoms with Crippen molar-refractivity contribution < 1.29 is 18.0 Å². The number of piperidine rings is 1. The van der Waals surface area contributed by atoms with E-state index in [1.807, 2.05) is 0 Å². The summed E-state index contributed by atoms with van der Waals surface area (Å²) < 4.78 is 39.5. The number of halogens is 3. The molecule has 0 radical (unpaired) electrons. The van der Waals surface area contributed by atoms with Gasteiger partial charge in [0.1, 0.15) is 11.6 Å². The molecule has 1 aliphatic heterocycles. The number of nitrogens with zero attached hydrogens (tertiary/aromatic N) is 5. The minimum atomic E-state index is -2.57. The molecule has 2 aromatic heterocycles. The molecule has 1 aromatic carbocycles. The van der Waals surface area contributed by atoms with Crippen LogP contribution in [-0.4, -0.2) is 49.4 Å². The van der Waals surface area contributed by atoms with Gasteiger partial charge in [0.25, 0.3) is 12.3 Å².